The third-order valence-corrected chi connectivity index (χ3v) is 6.10. The minimum Gasteiger partial charge on any atom is -0.328 e. The van der Waals surface area contributed by atoms with E-state index in [0.29, 0.717) is 23.8 Å². The third kappa shape index (κ3) is 3.03. The maximum absolute atomic E-state index is 12.8. The Balaban J connectivity index is 1.52. The predicted molar refractivity (Wildman–Crippen MR) is 99.4 cm³/mol. The summed E-state index contributed by atoms with van der Waals surface area (Å²) in [5, 5.41) is 3.59. The Morgan fingerprint density at radius 2 is 2.20 bits per heavy atom. The van der Waals surface area contributed by atoms with Gasteiger partial charge in [0.2, 0.25) is 5.91 Å². The molecule has 0 radical (unpaired) electrons. The van der Waals surface area contributed by atoms with Gasteiger partial charge in [-0.05, 0) is 24.6 Å². The largest absolute Gasteiger partial charge is 0.328 e. The van der Waals surface area contributed by atoms with Crippen molar-refractivity contribution in [3.8, 4) is 0 Å². The first-order chi connectivity index (χ1) is 12.2. The minimum absolute atomic E-state index is 0.0827. The molecular weight excluding hydrogens is 356 g/mol. The van der Waals surface area contributed by atoms with E-state index in [1.807, 2.05) is 17.5 Å². The summed E-state index contributed by atoms with van der Waals surface area (Å²) in [6.07, 6.45) is 2.56. The molecular formula is C17H16N4O2S2. The Hall–Kier alpha value is -2.32. The number of rotatable bonds is 3. The lowest BCUT2D eigenvalue weighted by Crippen LogP contribution is -2.52. The number of nitrogens with zero attached hydrogens (tertiary/aromatic N) is 4. The second kappa shape index (κ2) is 6.53. The van der Waals surface area contributed by atoms with Gasteiger partial charge in [-0.2, -0.15) is 0 Å². The van der Waals surface area contributed by atoms with E-state index in [-0.39, 0.29) is 18.4 Å². The SMILES string of the molecule is CCc1nc2ccc(C(=O)N3CCN(c4nccs4)C(=O)C3)cc2s1. The number of hydrogen-bond donors (Lipinski definition) is 0. The van der Waals surface area contributed by atoms with Gasteiger partial charge in [-0.1, -0.05) is 6.92 Å². The Kier molecular flexibility index (Phi) is 4.22. The summed E-state index contributed by atoms with van der Waals surface area (Å²) in [7, 11) is 0. The van der Waals surface area contributed by atoms with Crippen LogP contribution in [0.4, 0.5) is 5.13 Å². The fraction of sp³-hybridized carbons (Fsp3) is 0.294. The van der Waals surface area contributed by atoms with Gasteiger partial charge in [0, 0.05) is 30.2 Å². The van der Waals surface area contributed by atoms with Crippen LogP contribution in [0.3, 0.4) is 0 Å². The van der Waals surface area contributed by atoms with Crippen molar-refractivity contribution in [2.45, 2.75) is 13.3 Å². The van der Waals surface area contributed by atoms with Gasteiger partial charge < -0.3 is 4.90 Å². The quantitative estimate of drug-likeness (QED) is 0.709. The topological polar surface area (TPSA) is 66.4 Å². The zero-order valence-electron chi connectivity index (χ0n) is 13.6. The Morgan fingerprint density at radius 3 is 2.92 bits per heavy atom. The summed E-state index contributed by atoms with van der Waals surface area (Å²) in [6.45, 7) is 3.13. The number of benzene rings is 1. The molecule has 3 aromatic rings. The number of piperazine rings is 1. The molecule has 8 heteroatoms. The summed E-state index contributed by atoms with van der Waals surface area (Å²) in [5.41, 5.74) is 1.53. The molecule has 25 heavy (non-hydrogen) atoms. The van der Waals surface area contributed by atoms with Gasteiger partial charge in [0.05, 0.1) is 15.2 Å². The molecule has 1 aliphatic rings. The number of amides is 2. The summed E-state index contributed by atoms with van der Waals surface area (Å²) in [5.74, 6) is -0.206. The second-order valence-electron chi connectivity index (χ2n) is 5.73. The molecule has 1 aromatic carbocycles. The highest BCUT2D eigenvalue weighted by atomic mass is 32.1. The maximum Gasteiger partial charge on any atom is 0.254 e. The Morgan fingerprint density at radius 1 is 1.32 bits per heavy atom. The third-order valence-electron chi connectivity index (χ3n) is 4.14. The van der Waals surface area contributed by atoms with Crippen LogP contribution in [-0.4, -0.2) is 46.3 Å². The first-order valence-corrected chi connectivity index (χ1v) is 9.74. The summed E-state index contributed by atoms with van der Waals surface area (Å²) in [6, 6.07) is 5.56. The number of aromatic nitrogens is 2. The molecule has 1 saturated heterocycles. The van der Waals surface area contributed by atoms with E-state index in [1.54, 1.807) is 33.4 Å². The number of fused-ring (bicyclic) bond motifs is 1. The van der Waals surface area contributed by atoms with E-state index in [2.05, 4.69) is 16.9 Å². The molecule has 128 valence electrons. The molecule has 1 aliphatic heterocycles. The number of carbonyl (C=O) groups excluding carboxylic acids is 2. The molecule has 0 saturated carbocycles. The van der Waals surface area contributed by atoms with Crippen LogP contribution >= 0.6 is 22.7 Å². The minimum atomic E-state index is -0.111. The van der Waals surface area contributed by atoms with Gasteiger partial charge in [-0.25, -0.2) is 9.97 Å². The van der Waals surface area contributed by atoms with Gasteiger partial charge in [0.25, 0.3) is 5.91 Å². The van der Waals surface area contributed by atoms with Crippen LogP contribution in [0.25, 0.3) is 10.2 Å². The summed E-state index contributed by atoms with van der Waals surface area (Å²) < 4.78 is 1.01. The van der Waals surface area contributed by atoms with Crippen LogP contribution in [0.1, 0.15) is 22.3 Å². The number of hydrogen-bond acceptors (Lipinski definition) is 6. The van der Waals surface area contributed by atoms with E-state index in [0.717, 1.165) is 21.6 Å². The van der Waals surface area contributed by atoms with Crippen molar-refractivity contribution in [1.82, 2.24) is 14.9 Å². The molecule has 0 atom stereocenters. The van der Waals surface area contributed by atoms with Crippen LogP contribution in [0, 0.1) is 0 Å². The lowest BCUT2D eigenvalue weighted by molar-refractivity contribution is -0.120. The van der Waals surface area contributed by atoms with Crippen molar-refractivity contribution in [2.75, 3.05) is 24.5 Å². The van der Waals surface area contributed by atoms with Crippen molar-refractivity contribution in [1.29, 1.82) is 0 Å². The van der Waals surface area contributed by atoms with Crippen LogP contribution < -0.4 is 4.90 Å². The molecule has 0 bridgehead atoms. The lowest BCUT2D eigenvalue weighted by Gasteiger charge is -2.32. The van der Waals surface area contributed by atoms with E-state index in [9.17, 15) is 9.59 Å². The molecule has 4 rings (SSSR count). The second-order valence-corrected chi connectivity index (χ2v) is 7.72. The van der Waals surface area contributed by atoms with Crippen molar-refractivity contribution in [3.05, 3.63) is 40.3 Å². The first kappa shape index (κ1) is 16.2. The smallest absolute Gasteiger partial charge is 0.254 e. The standard InChI is InChI=1S/C17H16N4O2S2/c1-2-14-19-12-4-3-11(9-13(12)25-14)16(23)20-6-7-21(15(22)10-20)17-18-5-8-24-17/h3-5,8-9H,2,6-7,10H2,1H3. The molecule has 1 fully saturated rings. The number of carbonyl (C=O) groups is 2. The van der Waals surface area contributed by atoms with Crippen LogP contribution in [-0.2, 0) is 11.2 Å². The molecule has 0 unspecified atom stereocenters. The Labute approximate surface area is 152 Å². The number of thiazole rings is 2. The Bertz CT molecular complexity index is 935. The van der Waals surface area contributed by atoms with E-state index >= 15 is 0 Å². The molecule has 0 aliphatic carbocycles. The summed E-state index contributed by atoms with van der Waals surface area (Å²) in [4.78, 5) is 37.1. The zero-order chi connectivity index (χ0) is 17.4. The predicted octanol–water partition coefficient (Wildman–Crippen LogP) is 2.80. The van der Waals surface area contributed by atoms with Gasteiger partial charge in [-0.3, -0.25) is 14.5 Å². The van der Waals surface area contributed by atoms with E-state index < -0.39 is 0 Å². The van der Waals surface area contributed by atoms with E-state index in [1.165, 1.54) is 11.3 Å². The molecule has 2 amide bonds. The zero-order valence-corrected chi connectivity index (χ0v) is 15.3. The van der Waals surface area contributed by atoms with Gasteiger partial charge in [-0.15, -0.1) is 22.7 Å². The van der Waals surface area contributed by atoms with Crippen LogP contribution in [0.5, 0.6) is 0 Å². The van der Waals surface area contributed by atoms with Crippen LogP contribution in [0.15, 0.2) is 29.8 Å². The molecule has 3 heterocycles. The van der Waals surface area contributed by atoms with Crippen molar-refractivity contribution < 1.29 is 9.59 Å². The maximum atomic E-state index is 12.8. The molecule has 0 spiro atoms. The van der Waals surface area contributed by atoms with E-state index in [4.69, 9.17) is 0 Å². The van der Waals surface area contributed by atoms with Crippen molar-refractivity contribution in [3.63, 3.8) is 0 Å². The van der Waals surface area contributed by atoms with Gasteiger partial charge in [0.1, 0.15) is 6.54 Å². The monoisotopic (exact) mass is 372 g/mol. The number of anilines is 1. The highest BCUT2D eigenvalue weighted by Crippen LogP contribution is 2.25. The van der Waals surface area contributed by atoms with Gasteiger partial charge in [0.15, 0.2) is 5.13 Å². The van der Waals surface area contributed by atoms with Gasteiger partial charge >= 0.3 is 0 Å². The average Bonchev–Trinajstić information content (AvgIpc) is 3.29. The fourth-order valence-electron chi connectivity index (χ4n) is 2.84. The van der Waals surface area contributed by atoms with Crippen LogP contribution in [0.2, 0.25) is 0 Å². The molecule has 2 aromatic heterocycles. The fourth-order valence-corrected chi connectivity index (χ4v) is 4.47. The average molecular weight is 372 g/mol. The highest BCUT2D eigenvalue weighted by molar-refractivity contribution is 7.18. The van der Waals surface area contributed by atoms with Crippen molar-refractivity contribution in [2.24, 2.45) is 0 Å². The lowest BCUT2D eigenvalue weighted by atomic mass is 10.1. The normalized spacial score (nSPS) is 15.2. The van der Waals surface area contributed by atoms with Crippen molar-refractivity contribution >= 4 is 49.8 Å². The highest BCUT2D eigenvalue weighted by Gasteiger charge is 2.29. The summed E-state index contributed by atoms with van der Waals surface area (Å²) >= 11 is 3.04. The first-order valence-electron chi connectivity index (χ1n) is 8.04. The molecule has 6 nitrogen and oxygen atoms in total. The number of aryl methyl sites for hydroxylation is 1. The molecule has 0 N–H and O–H groups in total.